The van der Waals surface area contributed by atoms with Gasteiger partial charge in [-0.05, 0) is 51.8 Å². The first-order valence-electron chi connectivity index (χ1n) is 13.4. The summed E-state index contributed by atoms with van der Waals surface area (Å²) >= 11 is 0. The van der Waals surface area contributed by atoms with E-state index < -0.39 is 0 Å². The molecule has 0 aliphatic carbocycles. The number of piperidine rings is 1. The minimum absolute atomic E-state index is 0.309. The molecule has 1 aromatic carbocycles. The first-order valence-corrected chi connectivity index (χ1v) is 13.4. The number of aromatic nitrogens is 4. The van der Waals surface area contributed by atoms with Crippen LogP contribution in [0.4, 0.5) is 17.6 Å². The number of hydrogen-bond acceptors (Lipinski definition) is 9. The summed E-state index contributed by atoms with van der Waals surface area (Å²) in [6.45, 7) is 5.74. The maximum absolute atomic E-state index is 9.03. The van der Waals surface area contributed by atoms with Gasteiger partial charge in [0.2, 0.25) is 5.95 Å². The number of aryl methyl sites for hydroxylation is 1. The lowest BCUT2D eigenvalue weighted by Gasteiger charge is -2.38. The number of rotatable bonds is 9. The van der Waals surface area contributed by atoms with Gasteiger partial charge < -0.3 is 20.3 Å². The Labute approximate surface area is 217 Å². The number of nitriles is 1. The van der Waals surface area contributed by atoms with Gasteiger partial charge in [0.15, 0.2) is 5.82 Å². The molecule has 0 spiro atoms. The van der Waals surface area contributed by atoms with Gasteiger partial charge in [0.1, 0.15) is 11.6 Å². The van der Waals surface area contributed by atoms with Crippen molar-refractivity contribution in [1.82, 2.24) is 30.0 Å². The summed E-state index contributed by atoms with van der Waals surface area (Å²) < 4.78 is 6.12. The Kier molecular flexibility index (Phi) is 6.57. The molecule has 3 aliphatic rings. The molecule has 1 unspecified atom stereocenters. The van der Waals surface area contributed by atoms with Crippen LogP contribution in [0.3, 0.4) is 0 Å². The molecule has 3 N–H and O–H groups in total. The van der Waals surface area contributed by atoms with Gasteiger partial charge in [-0.25, -0.2) is 4.98 Å². The molecular formula is C27H35N9O. The zero-order valence-electron chi connectivity index (χ0n) is 21.6. The lowest BCUT2D eigenvalue weighted by molar-refractivity contribution is 0.0858. The second-order valence-corrected chi connectivity index (χ2v) is 10.9. The van der Waals surface area contributed by atoms with Crippen molar-refractivity contribution in [3.63, 3.8) is 0 Å². The molecule has 0 saturated carbocycles. The molecule has 10 heteroatoms. The molecule has 3 fully saturated rings. The molecule has 194 valence electrons. The number of aromatic amines is 1. The fourth-order valence-corrected chi connectivity index (χ4v) is 6.23. The summed E-state index contributed by atoms with van der Waals surface area (Å²) in [5.74, 6) is 3.48. The van der Waals surface area contributed by atoms with E-state index >= 15 is 0 Å². The van der Waals surface area contributed by atoms with Crippen molar-refractivity contribution >= 4 is 28.5 Å². The second-order valence-electron chi connectivity index (χ2n) is 10.9. The van der Waals surface area contributed by atoms with Gasteiger partial charge in [0, 0.05) is 73.3 Å². The monoisotopic (exact) mass is 501 g/mol. The van der Waals surface area contributed by atoms with E-state index in [4.69, 9.17) is 20.0 Å². The molecule has 0 amide bonds. The minimum atomic E-state index is 0.309. The van der Waals surface area contributed by atoms with Crippen LogP contribution in [-0.4, -0.2) is 81.4 Å². The van der Waals surface area contributed by atoms with E-state index in [1.165, 1.54) is 12.8 Å². The van der Waals surface area contributed by atoms with Crippen LogP contribution < -0.4 is 15.4 Å². The lowest BCUT2D eigenvalue weighted by atomic mass is 9.97. The van der Waals surface area contributed by atoms with Crippen LogP contribution in [0, 0.1) is 24.2 Å². The number of hydrogen-bond donors (Lipinski definition) is 3. The number of anilines is 3. The van der Waals surface area contributed by atoms with Gasteiger partial charge in [-0.2, -0.15) is 15.3 Å². The van der Waals surface area contributed by atoms with E-state index in [1.807, 2.05) is 31.2 Å². The Balaban J connectivity index is 1.23. The Bertz CT molecular complexity index is 1280. The Morgan fingerprint density at radius 2 is 1.97 bits per heavy atom. The first kappa shape index (κ1) is 23.9. The van der Waals surface area contributed by atoms with Crippen molar-refractivity contribution in [3.8, 4) is 11.8 Å². The van der Waals surface area contributed by atoms with E-state index in [0.29, 0.717) is 36.4 Å². The number of H-pyrrole nitrogens is 1. The van der Waals surface area contributed by atoms with Gasteiger partial charge in [0.25, 0.3) is 0 Å². The molecule has 5 heterocycles. The van der Waals surface area contributed by atoms with E-state index in [1.54, 1.807) is 0 Å². The van der Waals surface area contributed by atoms with E-state index in [-0.39, 0.29) is 0 Å². The molecule has 0 radical (unpaired) electrons. The largest absolute Gasteiger partial charge is 0.493 e. The molecule has 3 atom stereocenters. The second kappa shape index (κ2) is 10.1. The Hall–Kier alpha value is -3.42. The van der Waals surface area contributed by atoms with Crippen molar-refractivity contribution in [1.29, 1.82) is 5.26 Å². The lowest BCUT2D eigenvalue weighted by Crippen LogP contribution is -2.47. The maximum Gasteiger partial charge on any atom is 0.225 e. The van der Waals surface area contributed by atoms with E-state index in [2.05, 4.69) is 43.7 Å². The summed E-state index contributed by atoms with van der Waals surface area (Å²) in [5.41, 5.74) is 1.82. The molecule has 3 saturated heterocycles. The number of ether oxygens (including phenoxy) is 1. The quantitative estimate of drug-likeness (QED) is 0.404. The standard InChI is InChI=1S/C27H35N9O/c1-17-10-25(34-33-17)31-26-23-7-6-22(37-16-18-14-35(2)15-18)13-24(23)30-27(32-26)29-19-11-20-4-5-21(12-19)36(20)9-3-8-28/h6-7,10,13,18-21H,3-5,9,11-12,14-16H2,1-2H3,(H3,29,30,31,32,33,34)/t19?,20-,21+. The molecule has 3 aliphatic heterocycles. The SMILES string of the molecule is Cc1cc(Nc2nc(NC3C[C@H]4CC[C@@H](C3)N4CCC#N)nc3cc(OCC4CN(C)C4)ccc23)n[nH]1. The molecule has 37 heavy (non-hydrogen) atoms. The highest BCUT2D eigenvalue weighted by Gasteiger charge is 2.40. The molecule has 10 nitrogen and oxygen atoms in total. The Morgan fingerprint density at radius 1 is 1.16 bits per heavy atom. The van der Waals surface area contributed by atoms with Crippen LogP contribution in [-0.2, 0) is 0 Å². The van der Waals surface area contributed by atoms with Crippen molar-refractivity contribution < 1.29 is 4.74 Å². The normalized spacial score (nSPS) is 24.1. The third kappa shape index (κ3) is 5.20. The predicted molar refractivity (Wildman–Crippen MR) is 143 cm³/mol. The molecule has 2 aromatic heterocycles. The van der Waals surface area contributed by atoms with Crippen LogP contribution >= 0.6 is 0 Å². The van der Waals surface area contributed by atoms with Crippen molar-refractivity contribution in [3.05, 3.63) is 30.0 Å². The topological polar surface area (TPSA) is 118 Å². The summed E-state index contributed by atoms with van der Waals surface area (Å²) in [7, 11) is 2.13. The Morgan fingerprint density at radius 3 is 2.68 bits per heavy atom. The van der Waals surface area contributed by atoms with Crippen LogP contribution in [0.5, 0.6) is 5.75 Å². The van der Waals surface area contributed by atoms with E-state index in [9.17, 15) is 0 Å². The summed E-state index contributed by atoms with van der Waals surface area (Å²) in [6.07, 6.45) is 5.10. The van der Waals surface area contributed by atoms with Crippen molar-refractivity contribution in [2.45, 2.75) is 57.2 Å². The highest BCUT2D eigenvalue weighted by molar-refractivity contribution is 5.92. The third-order valence-electron chi connectivity index (χ3n) is 7.95. The van der Waals surface area contributed by atoms with Gasteiger partial charge >= 0.3 is 0 Å². The number of nitrogens with zero attached hydrogens (tertiary/aromatic N) is 6. The highest BCUT2D eigenvalue weighted by Crippen LogP contribution is 2.37. The number of likely N-dealkylation sites (tertiary alicyclic amines) is 1. The van der Waals surface area contributed by atoms with Gasteiger partial charge in [-0.1, -0.05) is 0 Å². The number of nitrogens with one attached hydrogen (secondary N) is 3. The van der Waals surface area contributed by atoms with Crippen LogP contribution in [0.2, 0.25) is 0 Å². The summed E-state index contributed by atoms with van der Waals surface area (Å²) in [6, 6.07) is 11.7. The van der Waals surface area contributed by atoms with Crippen LogP contribution in [0.15, 0.2) is 24.3 Å². The summed E-state index contributed by atoms with van der Waals surface area (Å²) in [5, 5.41) is 24.3. The highest BCUT2D eigenvalue weighted by atomic mass is 16.5. The van der Waals surface area contributed by atoms with Gasteiger partial charge in [0.05, 0.1) is 18.2 Å². The molecule has 3 aromatic rings. The van der Waals surface area contributed by atoms with Gasteiger partial charge in [-0.15, -0.1) is 0 Å². The maximum atomic E-state index is 9.03. The minimum Gasteiger partial charge on any atom is -0.493 e. The average molecular weight is 502 g/mol. The van der Waals surface area contributed by atoms with Gasteiger partial charge in [-0.3, -0.25) is 10.00 Å². The fourth-order valence-electron chi connectivity index (χ4n) is 6.23. The smallest absolute Gasteiger partial charge is 0.225 e. The number of fused-ring (bicyclic) bond motifs is 3. The average Bonchev–Trinajstić information content (AvgIpc) is 3.37. The van der Waals surface area contributed by atoms with Crippen LogP contribution in [0.25, 0.3) is 10.9 Å². The third-order valence-corrected chi connectivity index (χ3v) is 7.95. The zero-order valence-corrected chi connectivity index (χ0v) is 21.6. The predicted octanol–water partition coefficient (Wildman–Crippen LogP) is 3.67. The first-order chi connectivity index (χ1) is 18.0. The molecule has 6 rings (SSSR count). The van der Waals surface area contributed by atoms with Crippen molar-refractivity contribution in [2.24, 2.45) is 5.92 Å². The van der Waals surface area contributed by atoms with Crippen molar-refractivity contribution in [2.75, 3.05) is 43.9 Å². The summed E-state index contributed by atoms with van der Waals surface area (Å²) in [4.78, 5) is 14.6. The van der Waals surface area contributed by atoms with Crippen LogP contribution in [0.1, 0.15) is 37.8 Å². The van der Waals surface area contributed by atoms with E-state index in [0.717, 1.165) is 73.1 Å². The fraction of sp³-hybridized carbons (Fsp3) is 0.556. The zero-order chi connectivity index (χ0) is 25.4. The molecular weight excluding hydrogens is 466 g/mol. The molecule has 2 bridgehead atoms. The number of benzene rings is 1.